The molecule has 0 aromatic heterocycles. The molecule has 2 aliphatic rings. The summed E-state index contributed by atoms with van der Waals surface area (Å²) in [6.45, 7) is 2.97. The topological polar surface area (TPSA) is 55.8 Å². The van der Waals surface area contributed by atoms with Crippen LogP contribution >= 0.6 is 11.8 Å². The summed E-state index contributed by atoms with van der Waals surface area (Å²) in [5.41, 5.74) is -0.498. The normalized spacial score (nSPS) is 29.4. The van der Waals surface area contributed by atoms with Gasteiger partial charge in [-0.05, 0) is 12.8 Å². The molecule has 2 unspecified atom stereocenters. The van der Waals surface area contributed by atoms with Gasteiger partial charge in [0.2, 0.25) is 6.29 Å². The number of nitrogens with zero attached hydrogens (tertiary/aromatic N) is 1. The molecule has 0 saturated carbocycles. The Morgan fingerprint density at radius 1 is 1.38 bits per heavy atom. The molecule has 0 aromatic rings. The number of carbonyl (C=O) groups excluding carboxylic acids is 2. The van der Waals surface area contributed by atoms with Gasteiger partial charge in [0, 0.05) is 20.0 Å². The maximum atomic E-state index is 11.9. The van der Waals surface area contributed by atoms with E-state index in [4.69, 9.17) is 9.47 Å². The van der Waals surface area contributed by atoms with Gasteiger partial charge in [-0.15, -0.1) is 11.8 Å². The SMILES string of the molecule is CC(=O)OC1CSC(C(=O)N2CCCC2)O1. The number of amides is 1. The second-order valence-corrected chi connectivity index (χ2v) is 4.97. The van der Waals surface area contributed by atoms with Crippen molar-refractivity contribution in [3.8, 4) is 0 Å². The molecule has 0 spiro atoms. The third-order valence-electron chi connectivity index (χ3n) is 2.58. The van der Waals surface area contributed by atoms with Crippen LogP contribution in [0.5, 0.6) is 0 Å². The molecule has 6 heteroatoms. The van der Waals surface area contributed by atoms with E-state index in [2.05, 4.69) is 0 Å². The lowest BCUT2D eigenvalue weighted by Crippen LogP contribution is -2.36. The Bertz CT molecular complexity index is 291. The smallest absolute Gasteiger partial charge is 0.304 e. The Labute approximate surface area is 98.4 Å². The average molecular weight is 245 g/mol. The van der Waals surface area contributed by atoms with Crippen LogP contribution in [0.2, 0.25) is 0 Å². The van der Waals surface area contributed by atoms with E-state index in [-0.39, 0.29) is 11.9 Å². The minimum absolute atomic E-state index is 0.0113. The average Bonchev–Trinajstić information content (AvgIpc) is 2.84. The van der Waals surface area contributed by atoms with Crippen molar-refractivity contribution in [2.24, 2.45) is 0 Å². The van der Waals surface area contributed by atoms with Gasteiger partial charge < -0.3 is 14.4 Å². The molecule has 90 valence electrons. The zero-order valence-electron chi connectivity index (χ0n) is 9.18. The second kappa shape index (κ2) is 5.05. The molecule has 0 N–H and O–H groups in total. The Balaban J connectivity index is 1.83. The third-order valence-corrected chi connectivity index (χ3v) is 3.66. The standard InChI is InChI=1S/C10H15NO4S/c1-7(12)14-8-6-16-10(15-8)9(13)11-4-2-3-5-11/h8,10H,2-6H2,1H3. The molecule has 0 bridgehead atoms. The number of hydrogen-bond donors (Lipinski definition) is 0. The van der Waals surface area contributed by atoms with Gasteiger partial charge in [-0.3, -0.25) is 9.59 Å². The van der Waals surface area contributed by atoms with E-state index < -0.39 is 11.7 Å². The van der Waals surface area contributed by atoms with E-state index in [9.17, 15) is 9.59 Å². The van der Waals surface area contributed by atoms with Gasteiger partial charge in [0.1, 0.15) is 0 Å². The Morgan fingerprint density at radius 3 is 2.69 bits per heavy atom. The maximum Gasteiger partial charge on any atom is 0.304 e. The zero-order chi connectivity index (χ0) is 11.5. The van der Waals surface area contributed by atoms with Crippen molar-refractivity contribution in [1.29, 1.82) is 0 Å². The van der Waals surface area contributed by atoms with Gasteiger partial charge in [0.25, 0.3) is 5.91 Å². The second-order valence-electron chi connectivity index (χ2n) is 3.87. The molecule has 2 saturated heterocycles. The Morgan fingerprint density at radius 2 is 2.06 bits per heavy atom. The number of rotatable bonds is 2. The molecule has 2 atom stereocenters. The first-order valence-corrected chi connectivity index (χ1v) is 6.45. The molecule has 0 aliphatic carbocycles. The van der Waals surface area contributed by atoms with Gasteiger partial charge in [0.05, 0.1) is 5.75 Å². The predicted molar refractivity (Wildman–Crippen MR) is 58.7 cm³/mol. The minimum atomic E-state index is -0.570. The largest absolute Gasteiger partial charge is 0.435 e. The highest BCUT2D eigenvalue weighted by atomic mass is 32.2. The van der Waals surface area contributed by atoms with E-state index in [1.807, 2.05) is 4.90 Å². The van der Waals surface area contributed by atoms with E-state index in [0.717, 1.165) is 25.9 Å². The number of carbonyl (C=O) groups is 2. The van der Waals surface area contributed by atoms with Crippen LogP contribution in [0.1, 0.15) is 19.8 Å². The fourth-order valence-corrected chi connectivity index (χ4v) is 2.82. The summed E-state index contributed by atoms with van der Waals surface area (Å²) in [5.74, 6) is 0.168. The summed E-state index contributed by atoms with van der Waals surface area (Å²) in [5, 5.41) is 0. The van der Waals surface area contributed by atoms with Crippen molar-refractivity contribution >= 4 is 23.6 Å². The maximum absolute atomic E-state index is 11.9. The van der Waals surface area contributed by atoms with Crippen LogP contribution in [-0.4, -0.2) is 47.3 Å². The highest BCUT2D eigenvalue weighted by Crippen LogP contribution is 2.28. The van der Waals surface area contributed by atoms with Crippen molar-refractivity contribution in [3.63, 3.8) is 0 Å². The highest BCUT2D eigenvalue weighted by Gasteiger charge is 2.36. The highest BCUT2D eigenvalue weighted by molar-refractivity contribution is 8.00. The van der Waals surface area contributed by atoms with Crippen LogP contribution in [0, 0.1) is 0 Å². The molecule has 2 heterocycles. The molecule has 16 heavy (non-hydrogen) atoms. The first-order chi connectivity index (χ1) is 7.66. The number of thioether (sulfide) groups is 1. The van der Waals surface area contributed by atoms with Crippen LogP contribution < -0.4 is 0 Å². The van der Waals surface area contributed by atoms with Gasteiger partial charge in [-0.25, -0.2) is 0 Å². The van der Waals surface area contributed by atoms with E-state index in [1.54, 1.807) is 0 Å². The summed E-state index contributed by atoms with van der Waals surface area (Å²) < 4.78 is 10.3. The molecular weight excluding hydrogens is 230 g/mol. The predicted octanol–water partition coefficient (Wildman–Crippen LogP) is 0.587. The van der Waals surface area contributed by atoms with Crippen molar-refractivity contribution in [1.82, 2.24) is 4.90 Å². The fourth-order valence-electron chi connectivity index (χ4n) is 1.85. The molecule has 1 amide bonds. The minimum Gasteiger partial charge on any atom is -0.435 e. The van der Waals surface area contributed by atoms with Crippen LogP contribution in [-0.2, 0) is 19.1 Å². The molecule has 2 rings (SSSR count). The van der Waals surface area contributed by atoms with Crippen molar-refractivity contribution in [3.05, 3.63) is 0 Å². The summed E-state index contributed by atoms with van der Waals surface area (Å²) in [7, 11) is 0. The molecule has 0 radical (unpaired) electrons. The van der Waals surface area contributed by atoms with Crippen LogP contribution in [0.4, 0.5) is 0 Å². The van der Waals surface area contributed by atoms with E-state index in [0.29, 0.717) is 5.75 Å². The third kappa shape index (κ3) is 2.68. The fraction of sp³-hybridized carbons (Fsp3) is 0.800. The summed E-state index contributed by atoms with van der Waals surface area (Å²) in [4.78, 5) is 24.5. The summed E-state index contributed by atoms with van der Waals surface area (Å²) >= 11 is 1.40. The van der Waals surface area contributed by atoms with Gasteiger partial charge in [0.15, 0.2) is 5.44 Å². The quantitative estimate of drug-likeness (QED) is 0.666. The molecule has 2 fully saturated rings. The van der Waals surface area contributed by atoms with Crippen molar-refractivity contribution in [2.75, 3.05) is 18.8 Å². The molecular formula is C10H15NO4S. The van der Waals surface area contributed by atoms with Gasteiger partial charge in [-0.2, -0.15) is 0 Å². The number of hydrogen-bond acceptors (Lipinski definition) is 5. The van der Waals surface area contributed by atoms with Crippen LogP contribution in [0.3, 0.4) is 0 Å². The summed E-state index contributed by atoms with van der Waals surface area (Å²) in [6.07, 6.45) is 1.56. The first-order valence-electron chi connectivity index (χ1n) is 5.40. The number of ether oxygens (including phenoxy) is 2. The number of likely N-dealkylation sites (tertiary alicyclic amines) is 1. The lowest BCUT2D eigenvalue weighted by atomic mass is 10.4. The Hall–Kier alpha value is -0.750. The number of esters is 1. The Kier molecular flexibility index (Phi) is 3.70. The van der Waals surface area contributed by atoms with Crippen molar-refractivity contribution < 1.29 is 19.1 Å². The molecule has 5 nitrogen and oxygen atoms in total. The first kappa shape index (κ1) is 11.7. The van der Waals surface area contributed by atoms with Gasteiger partial charge in [-0.1, -0.05) is 0 Å². The summed E-state index contributed by atoms with van der Waals surface area (Å²) in [6, 6.07) is 0. The lowest BCUT2D eigenvalue weighted by Gasteiger charge is -2.19. The van der Waals surface area contributed by atoms with Crippen LogP contribution in [0.25, 0.3) is 0 Å². The van der Waals surface area contributed by atoms with Crippen LogP contribution in [0.15, 0.2) is 0 Å². The molecule has 2 aliphatic heterocycles. The monoisotopic (exact) mass is 245 g/mol. The van der Waals surface area contributed by atoms with Gasteiger partial charge >= 0.3 is 5.97 Å². The lowest BCUT2D eigenvalue weighted by molar-refractivity contribution is -0.175. The zero-order valence-corrected chi connectivity index (χ0v) is 10.00. The van der Waals surface area contributed by atoms with E-state index >= 15 is 0 Å². The molecule has 0 aromatic carbocycles. The van der Waals surface area contributed by atoms with Crippen molar-refractivity contribution in [2.45, 2.75) is 31.5 Å². The van der Waals surface area contributed by atoms with E-state index in [1.165, 1.54) is 18.7 Å².